The lowest BCUT2D eigenvalue weighted by atomic mass is 10.3. The fourth-order valence-corrected chi connectivity index (χ4v) is 2.29. The number of nitrogens with one attached hydrogen (secondary N) is 2. The SMILES string of the molecule is CCNC(=NCc1nncn1-c1ccccc1)NCCCOCCOC. The van der Waals surface area contributed by atoms with E-state index >= 15 is 0 Å². The van der Waals surface area contributed by atoms with Gasteiger partial charge in [0, 0.05) is 32.5 Å². The summed E-state index contributed by atoms with van der Waals surface area (Å²) in [5, 5.41) is 14.7. The number of methoxy groups -OCH3 is 1. The van der Waals surface area contributed by atoms with E-state index in [0.29, 0.717) is 26.4 Å². The summed E-state index contributed by atoms with van der Waals surface area (Å²) in [7, 11) is 1.67. The third kappa shape index (κ3) is 6.81. The molecule has 0 saturated heterocycles. The van der Waals surface area contributed by atoms with Crippen LogP contribution in [0, 0.1) is 0 Å². The molecule has 0 bridgehead atoms. The van der Waals surface area contributed by atoms with Gasteiger partial charge in [0.25, 0.3) is 0 Å². The van der Waals surface area contributed by atoms with Gasteiger partial charge < -0.3 is 20.1 Å². The van der Waals surface area contributed by atoms with Crippen LogP contribution >= 0.6 is 0 Å². The standard InChI is InChI=1S/C18H28N6O2/c1-3-19-18(20-10-7-11-26-13-12-25-2)21-14-17-23-22-15-24(17)16-8-5-4-6-9-16/h4-6,8-9,15H,3,7,10-14H2,1-2H3,(H2,19,20,21). The van der Waals surface area contributed by atoms with Crippen LogP contribution in [0.15, 0.2) is 41.7 Å². The average Bonchev–Trinajstić information content (AvgIpc) is 3.14. The van der Waals surface area contributed by atoms with Crippen molar-refractivity contribution in [3.05, 3.63) is 42.5 Å². The Morgan fingerprint density at radius 3 is 2.77 bits per heavy atom. The maximum absolute atomic E-state index is 5.45. The molecular weight excluding hydrogens is 332 g/mol. The molecular formula is C18H28N6O2. The van der Waals surface area contributed by atoms with E-state index < -0.39 is 0 Å². The molecule has 142 valence electrons. The summed E-state index contributed by atoms with van der Waals surface area (Å²) >= 11 is 0. The zero-order chi connectivity index (χ0) is 18.5. The van der Waals surface area contributed by atoms with Crippen LogP contribution < -0.4 is 10.6 Å². The van der Waals surface area contributed by atoms with Crippen molar-refractivity contribution in [2.45, 2.75) is 19.9 Å². The highest BCUT2D eigenvalue weighted by molar-refractivity contribution is 5.79. The van der Waals surface area contributed by atoms with E-state index in [1.807, 2.05) is 41.8 Å². The van der Waals surface area contributed by atoms with Gasteiger partial charge in [-0.05, 0) is 25.5 Å². The second-order valence-electron chi connectivity index (χ2n) is 5.53. The molecule has 2 aromatic rings. The summed E-state index contributed by atoms with van der Waals surface area (Å²) in [6.07, 6.45) is 2.60. The number of benzene rings is 1. The summed E-state index contributed by atoms with van der Waals surface area (Å²) < 4.78 is 12.3. The maximum Gasteiger partial charge on any atom is 0.191 e. The second kappa shape index (κ2) is 12.0. The number of hydrogen-bond acceptors (Lipinski definition) is 5. The highest BCUT2D eigenvalue weighted by atomic mass is 16.5. The van der Waals surface area contributed by atoms with Crippen molar-refractivity contribution in [1.29, 1.82) is 0 Å². The topological polar surface area (TPSA) is 85.6 Å². The fraction of sp³-hybridized carbons (Fsp3) is 0.500. The lowest BCUT2D eigenvalue weighted by molar-refractivity contribution is 0.0698. The molecule has 1 heterocycles. The molecule has 0 aliphatic heterocycles. The van der Waals surface area contributed by atoms with Crippen molar-refractivity contribution >= 4 is 5.96 Å². The summed E-state index contributed by atoms with van der Waals surface area (Å²) in [4.78, 5) is 4.60. The van der Waals surface area contributed by atoms with Crippen molar-refractivity contribution in [1.82, 2.24) is 25.4 Å². The van der Waals surface area contributed by atoms with Crippen LogP contribution in [-0.4, -0.2) is 60.7 Å². The predicted molar refractivity (Wildman–Crippen MR) is 101 cm³/mol. The first-order valence-corrected chi connectivity index (χ1v) is 8.88. The van der Waals surface area contributed by atoms with Crippen LogP contribution in [0.5, 0.6) is 0 Å². The summed E-state index contributed by atoms with van der Waals surface area (Å²) in [5.41, 5.74) is 1.02. The van der Waals surface area contributed by atoms with Crippen LogP contribution in [0.25, 0.3) is 5.69 Å². The van der Waals surface area contributed by atoms with Crippen LogP contribution in [0.1, 0.15) is 19.2 Å². The maximum atomic E-state index is 5.45. The van der Waals surface area contributed by atoms with Gasteiger partial charge in [-0.3, -0.25) is 4.57 Å². The van der Waals surface area contributed by atoms with Gasteiger partial charge in [0.2, 0.25) is 0 Å². The summed E-state index contributed by atoms with van der Waals surface area (Å²) in [5.74, 6) is 1.54. The second-order valence-corrected chi connectivity index (χ2v) is 5.53. The highest BCUT2D eigenvalue weighted by Crippen LogP contribution is 2.09. The minimum Gasteiger partial charge on any atom is -0.382 e. The van der Waals surface area contributed by atoms with Gasteiger partial charge in [0.15, 0.2) is 11.8 Å². The Bertz CT molecular complexity index is 644. The Balaban J connectivity index is 1.84. The van der Waals surface area contributed by atoms with Crippen LogP contribution in [0.4, 0.5) is 0 Å². The molecule has 0 fully saturated rings. The molecule has 8 nitrogen and oxygen atoms in total. The Labute approximate surface area is 154 Å². The molecule has 0 saturated carbocycles. The third-order valence-electron chi connectivity index (χ3n) is 3.57. The number of rotatable bonds is 11. The predicted octanol–water partition coefficient (Wildman–Crippen LogP) is 1.38. The quantitative estimate of drug-likeness (QED) is 0.358. The molecule has 0 atom stereocenters. The van der Waals surface area contributed by atoms with Crippen molar-refractivity contribution < 1.29 is 9.47 Å². The Hall–Kier alpha value is -2.45. The normalized spacial score (nSPS) is 11.5. The first kappa shape index (κ1) is 19.9. The van der Waals surface area contributed by atoms with E-state index in [2.05, 4.69) is 25.8 Å². The van der Waals surface area contributed by atoms with E-state index in [9.17, 15) is 0 Å². The smallest absolute Gasteiger partial charge is 0.191 e. The highest BCUT2D eigenvalue weighted by Gasteiger charge is 2.06. The van der Waals surface area contributed by atoms with Crippen LogP contribution in [0.3, 0.4) is 0 Å². The minimum absolute atomic E-state index is 0.439. The van der Waals surface area contributed by atoms with E-state index in [-0.39, 0.29) is 0 Å². The van der Waals surface area contributed by atoms with Crippen molar-refractivity contribution in [2.24, 2.45) is 4.99 Å². The number of nitrogens with zero attached hydrogens (tertiary/aromatic N) is 4. The van der Waals surface area contributed by atoms with E-state index in [4.69, 9.17) is 9.47 Å². The molecule has 26 heavy (non-hydrogen) atoms. The Kier molecular flexibility index (Phi) is 9.17. The number of guanidine groups is 1. The van der Waals surface area contributed by atoms with Gasteiger partial charge in [-0.2, -0.15) is 0 Å². The largest absolute Gasteiger partial charge is 0.382 e. The van der Waals surface area contributed by atoms with Gasteiger partial charge in [-0.1, -0.05) is 18.2 Å². The monoisotopic (exact) mass is 360 g/mol. The Morgan fingerprint density at radius 1 is 1.15 bits per heavy atom. The van der Waals surface area contributed by atoms with Gasteiger partial charge in [-0.15, -0.1) is 10.2 Å². The summed E-state index contributed by atoms with van der Waals surface area (Å²) in [6, 6.07) is 10.00. The van der Waals surface area contributed by atoms with E-state index in [0.717, 1.165) is 37.0 Å². The van der Waals surface area contributed by atoms with Gasteiger partial charge in [0.1, 0.15) is 12.9 Å². The number of hydrogen-bond donors (Lipinski definition) is 2. The summed E-state index contributed by atoms with van der Waals surface area (Å²) in [6.45, 7) is 6.00. The third-order valence-corrected chi connectivity index (χ3v) is 3.57. The molecule has 0 spiro atoms. The number of aromatic nitrogens is 3. The number of ether oxygens (including phenoxy) is 2. The van der Waals surface area contributed by atoms with E-state index in [1.165, 1.54) is 0 Å². The molecule has 1 aromatic carbocycles. The molecule has 0 amide bonds. The van der Waals surface area contributed by atoms with Crippen LogP contribution in [-0.2, 0) is 16.0 Å². The molecule has 0 aliphatic rings. The van der Waals surface area contributed by atoms with Crippen LogP contribution in [0.2, 0.25) is 0 Å². The van der Waals surface area contributed by atoms with E-state index in [1.54, 1.807) is 13.4 Å². The molecule has 8 heteroatoms. The first-order chi connectivity index (χ1) is 12.8. The molecule has 0 unspecified atom stereocenters. The first-order valence-electron chi connectivity index (χ1n) is 8.88. The molecule has 0 radical (unpaired) electrons. The van der Waals surface area contributed by atoms with Gasteiger partial charge in [0.05, 0.1) is 13.2 Å². The Morgan fingerprint density at radius 2 is 2.00 bits per heavy atom. The fourth-order valence-electron chi connectivity index (χ4n) is 2.29. The molecule has 2 rings (SSSR count). The molecule has 2 N–H and O–H groups in total. The lowest BCUT2D eigenvalue weighted by Gasteiger charge is -2.11. The lowest BCUT2D eigenvalue weighted by Crippen LogP contribution is -2.38. The number of aliphatic imine (C=N–C) groups is 1. The van der Waals surface area contributed by atoms with Crippen molar-refractivity contribution in [3.63, 3.8) is 0 Å². The molecule has 1 aromatic heterocycles. The van der Waals surface area contributed by atoms with Crippen molar-refractivity contribution in [3.8, 4) is 5.69 Å². The zero-order valence-corrected chi connectivity index (χ0v) is 15.5. The van der Waals surface area contributed by atoms with Gasteiger partial charge >= 0.3 is 0 Å². The molecule has 0 aliphatic carbocycles. The minimum atomic E-state index is 0.439. The zero-order valence-electron chi connectivity index (χ0n) is 15.5. The average molecular weight is 360 g/mol. The van der Waals surface area contributed by atoms with Gasteiger partial charge in [-0.25, -0.2) is 4.99 Å². The number of para-hydroxylation sites is 1. The van der Waals surface area contributed by atoms with Crippen molar-refractivity contribution in [2.75, 3.05) is 40.0 Å².